The number of benzene rings is 1. The van der Waals surface area contributed by atoms with E-state index in [1.54, 1.807) is 23.1 Å². The number of hydrogen-bond acceptors (Lipinski definition) is 7. The molecule has 2 N–H and O–H groups in total. The Bertz CT molecular complexity index is 1200. The van der Waals surface area contributed by atoms with Crippen LogP contribution in [0.1, 0.15) is 23.1 Å². The highest BCUT2D eigenvalue weighted by molar-refractivity contribution is 6.31. The molecule has 0 saturated carbocycles. The molecular formula is C22H21ClF3N5O4. The minimum Gasteiger partial charge on any atom is -0.439 e. The van der Waals surface area contributed by atoms with Crippen LogP contribution < -0.4 is 4.74 Å². The molecule has 3 aromatic rings. The number of rotatable bonds is 5. The Labute approximate surface area is 202 Å². The van der Waals surface area contributed by atoms with Crippen molar-refractivity contribution >= 4 is 17.6 Å². The predicted molar refractivity (Wildman–Crippen MR) is 118 cm³/mol. The Morgan fingerprint density at radius 2 is 1.89 bits per heavy atom. The van der Waals surface area contributed by atoms with Gasteiger partial charge < -0.3 is 19.8 Å². The molecule has 1 amide bonds. The second-order valence-electron chi connectivity index (χ2n) is 7.86. The molecule has 0 bridgehead atoms. The second kappa shape index (κ2) is 10.2. The minimum absolute atomic E-state index is 0.0191. The molecule has 1 saturated heterocycles. The van der Waals surface area contributed by atoms with Crippen LogP contribution in [-0.4, -0.2) is 67.0 Å². The van der Waals surface area contributed by atoms with Gasteiger partial charge in [-0.2, -0.15) is 23.0 Å². The van der Waals surface area contributed by atoms with E-state index in [2.05, 4.69) is 15.0 Å². The Hall–Kier alpha value is -3.19. The number of aliphatic hydroxyl groups excluding tert-OH is 1. The number of hydrogen-bond donors (Lipinski definition) is 2. The van der Waals surface area contributed by atoms with Gasteiger partial charge in [0.05, 0.1) is 16.8 Å². The molecule has 1 aliphatic heterocycles. The Morgan fingerprint density at radius 3 is 2.54 bits per heavy atom. The highest BCUT2D eigenvalue weighted by Crippen LogP contribution is 2.31. The van der Waals surface area contributed by atoms with Crippen molar-refractivity contribution in [3.05, 3.63) is 70.6 Å². The lowest BCUT2D eigenvalue weighted by Crippen LogP contribution is -2.49. The number of aromatic nitrogens is 3. The summed E-state index contributed by atoms with van der Waals surface area (Å²) in [4.78, 5) is 20.2. The summed E-state index contributed by atoms with van der Waals surface area (Å²) >= 11 is 5.88. The van der Waals surface area contributed by atoms with Crippen molar-refractivity contribution < 1.29 is 32.9 Å². The first-order chi connectivity index (χ1) is 16.6. The van der Waals surface area contributed by atoms with Gasteiger partial charge in [0.1, 0.15) is 11.4 Å². The van der Waals surface area contributed by atoms with Crippen molar-refractivity contribution in [1.29, 1.82) is 0 Å². The summed E-state index contributed by atoms with van der Waals surface area (Å²) in [5.74, 6) is 0.209. The second-order valence-corrected chi connectivity index (χ2v) is 8.26. The van der Waals surface area contributed by atoms with Crippen molar-refractivity contribution in [1.82, 2.24) is 24.6 Å². The average molecular weight is 512 g/mol. The van der Waals surface area contributed by atoms with Crippen LogP contribution in [0.25, 0.3) is 0 Å². The van der Waals surface area contributed by atoms with E-state index < -0.39 is 24.1 Å². The maximum atomic E-state index is 12.9. The summed E-state index contributed by atoms with van der Waals surface area (Å²) in [6, 6.07) is 8.28. The molecule has 35 heavy (non-hydrogen) atoms. The van der Waals surface area contributed by atoms with Crippen LogP contribution in [0.5, 0.6) is 11.6 Å². The highest BCUT2D eigenvalue weighted by Gasteiger charge is 2.31. The molecule has 0 radical (unpaired) electrons. The van der Waals surface area contributed by atoms with E-state index in [-0.39, 0.29) is 16.6 Å². The lowest BCUT2D eigenvalue weighted by atomic mass is 10.2. The van der Waals surface area contributed by atoms with Gasteiger partial charge >= 0.3 is 12.2 Å². The zero-order valence-corrected chi connectivity index (χ0v) is 18.9. The van der Waals surface area contributed by atoms with E-state index in [9.17, 15) is 28.2 Å². The molecule has 1 aliphatic rings. The number of alkyl halides is 3. The summed E-state index contributed by atoms with van der Waals surface area (Å²) < 4.78 is 45.2. The van der Waals surface area contributed by atoms with Crippen LogP contribution in [0.15, 0.2) is 48.8 Å². The number of aliphatic hydroxyl groups is 2. The largest absolute Gasteiger partial charge is 0.439 e. The maximum absolute atomic E-state index is 12.9. The van der Waals surface area contributed by atoms with Gasteiger partial charge in [-0.1, -0.05) is 23.7 Å². The summed E-state index contributed by atoms with van der Waals surface area (Å²) in [7, 11) is 0. The topological polar surface area (TPSA) is 104 Å². The molecule has 4 rings (SSSR count). The average Bonchev–Trinajstić information content (AvgIpc) is 3.21. The van der Waals surface area contributed by atoms with Gasteiger partial charge in [0, 0.05) is 45.0 Å². The first kappa shape index (κ1) is 24.9. The molecule has 13 heteroatoms. The fourth-order valence-electron chi connectivity index (χ4n) is 3.61. The Kier molecular flexibility index (Phi) is 7.26. The minimum atomic E-state index is -4.49. The first-order valence-corrected chi connectivity index (χ1v) is 10.9. The number of piperazine rings is 1. The summed E-state index contributed by atoms with van der Waals surface area (Å²) in [5, 5.41) is 22.3. The van der Waals surface area contributed by atoms with Gasteiger partial charge in [0.25, 0.3) is 0 Å². The Morgan fingerprint density at radius 1 is 1.14 bits per heavy atom. The zero-order valence-electron chi connectivity index (χ0n) is 18.2. The van der Waals surface area contributed by atoms with Crippen LogP contribution in [0, 0.1) is 0 Å². The van der Waals surface area contributed by atoms with Gasteiger partial charge in [-0.25, -0.2) is 9.78 Å². The van der Waals surface area contributed by atoms with Crippen LogP contribution in [0.2, 0.25) is 5.02 Å². The molecule has 3 heterocycles. The quantitative estimate of drug-likeness (QED) is 0.505. The highest BCUT2D eigenvalue weighted by atomic mass is 35.5. The van der Waals surface area contributed by atoms with E-state index in [0.29, 0.717) is 38.5 Å². The number of ether oxygens (including phenoxy) is 1. The first-order valence-electron chi connectivity index (χ1n) is 10.5. The molecule has 0 aliphatic carbocycles. The SMILES string of the molecule is O=C(N1CCN(Cc2cccc(Oc3cc(C(F)(F)F)ccn3)c2)CC1)n1cc(Cl)c(C(O)O)n1. The molecule has 0 spiro atoms. The Balaban J connectivity index is 1.34. The number of pyridine rings is 1. The number of carbonyl (C=O) groups excluding carboxylic acids is 1. The monoisotopic (exact) mass is 511 g/mol. The van der Waals surface area contributed by atoms with Crippen molar-refractivity contribution in [3.63, 3.8) is 0 Å². The zero-order chi connectivity index (χ0) is 25.2. The smallest absolute Gasteiger partial charge is 0.416 e. The van der Waals surface area contributed by atoms with Gasteiger partial charge in [-0.05, 0) is 23.8 Å². The van der Waals surface area contributed by atoms with Gasteiger partial charge in [-0.3, -0.25) is 4.90 Å². The van der Waals surface area contributed by atoms with Gasteiger partial charge in [-0.15, -0.1) is 0 Å². The van der Waals surface area contributed by atoms with Crippen LogP contribution in [0.4, 0.5) is 18.0 Å². The van der Waals surface area contributed by atoms with Gasteiger partial charge in [0.15, 0.2) is 6.29 Å². The molecule has 2 aromatic heterocycles. The fraction of sp³-hybridized carbons (Fsp3) is 0.318. The standard InChI is InChI=1S/C22H21ClF3N5O4/c23-17-13-31(28-19(17)20(32)33)21(34)30-8-6-29(7-9-30)12-14-2-1-3-16(10-14)35-18-11-15(4-5-27-18)22(24,25)26/h1-5,10-11,13,20,32-33H,6-9,12H2. The van der Waals surface area contributed by atoms with Crippen LogP contribution >= 0.6 is 11.6 Å². The van der Waals surface area contributed by atoms with E-state index in [1.165, 1.54) is 6.20 Å². The molecule has 9 nitrogen and oxygen atoms in total. The summed E-state index contributed by atoms with van der Waals surface area (Å²) in [6.45, 7) is 2.51. The molecule has 0 atom stereocenters. The van der Waals surface area contributed by atoms with E-state index in [0.717, 1.165) is 28.6 Å². The van der Waals surface area contributed by atoms with E-state index >= 15 is 0 Å². The normalized spacial score (nSPS) is 15.0. The molecule has 0 unspecified atom stereocenters. The third kappa shape index (κ3) is 6.09. The predicted octanol–water partition coefficient (Wildman–Crippen LogP) is 3.51. The lowest BCUT2D eigenvalue weighted by Gasteiger charge is -2.34. The lowest BCUT2D eigenvalue weighted by molar-refractivity contribution is -0.137. The van der Waals surface area contributed by atoms with Crippen molar-refractivity contribution in [2.75, 3.05) is 26.2 Å². The molecule has 186 valence electrons. The van der Waals surface area contributed by atoms with Crippen LogP contribution in [0.3, 0.4) is 0 Å². The molecule has 1 aromatic carbocycles. The maximum Gasteiger partial charge on any atom is 0.416 e. The third-order valence-corrected chi connectivity index (χ3v) is 5.66. The fourth-order valence-corrected chi connectivity index (χ4v) is 3.84. The van der Waals surface area contributed by atoms with Crippen molar-refractivity contribution in [2.45, 2.75) is 19.0 Å². The number of amides is 1. The number of nitrogens with zero attached hydrogens (tertiary/aromatic N) is 5. The van der Waals surface area contributed by atoms with Crippen molar-refractivity contribution in [2.24, 2.45) is 0 Å². The third-order valence-electron chi connectivity index (χ3n) is 5.37. The van der Waals surface area contributed by atoms with Gasteiger partial charge in [0.2, 0.25) is 5.88 Å². The number of halogens is 4. The summed E-state index contributed by atoms with van der Waals surface area (Å²) in [5.41, 5.74) is -0.150. The van der Waals surface area contributed by atoms with E-state index in [4.69, 9.17) is 16.3 Å². The molecular weight excluding hydrogens is 491 g/mol. The van der Waals surface area contributed by atoms with E-state index in [1.807, 2.05) is 6.07 Å². The van der Waals surface area contributed by atoms with Crippen molar-refractivity contribution in [3.8, 4) is 11.6 Å². The summed E-state index contributed by atoms with van der Waals surface area (Å²) in [6.07, 6.45) is -4.08. The molecule has 1 fully saturated rings. The van der Waals surface area contributed by atoms with Crippen LogP contribution in [-0.2, 0) is 12.7 Å². The number of carbonyl (C=O) groups is 1.